The highest BCUT2D eigenvalue weighted by molar-refractivity contribution is 7.89. The number of alkyl carbamates (subject to hydrolysis) is 1. The maximum Gasteiger partial charge on any atom is 0.413 e. The smallest absolute Gasteiger partial charge is 0.413 e. The summed E-state index contributed by atoms with van der Waals surface area (Å²) in [4.78, 5) is 24.2. The van der Waals surface area contributed by atoms with Crippen LogP contribution in [0, 0.1) is 5.82 Å². The minimum atomic E-state index is -3.80. The summed E-state index contributed by atoms with van der Waals surface area (Å²) < 4.78 is 43.9. The Morgan fingerprint density at radius 1 is 1.28 bits per heavy atom. The molecule has 0 saturated carbocycles. The molecule has 1 fully saturated rings. The summed E-state index contributed by atoms with van der Waals surface area (Å²) >= 11 is 5.64. The van der Waals surface area contributed by atoms with Crippen molar-refractivity contribution in [1.29, 1.82) is 0 Å². The first-order chi connectivity index (χ1) is 11.7. The molecule has 0 aliphatic carbocycles. The molecule has 0 atom stereocenters. The average molecular weight is 394 g/mol. The monoisotopic (exact) mass is 393 g/mol. The molecule has 11 heteroatoms. The second kappa shape index (κ2) is 8.09. The van der Waals surface area contributed by atoms with Crippen molar-refractivity contribution >= 4 is 33.6 Å². The Labute approximate surface area is 149 Å². The van der Waals surface area contributed by atoms with Gasteiger partial charge in [0.1, 0.15) is 5.82 Å². The van der Waals surface area contributed by atoms with Crippen LogP contribution in [-0.2, 0) is 19.6 Å². The first-order valence-corrected chi connectivity index (χ1v) is 9.11. The molecule has 25 heavy (non-hydrogen) atoms. The molecule has 0 unspecified atom stereocenters. The van der Waals surface area contributed by atoms with Crippen molar-refractivity contribution in [1.82, 2.24) is 14.5 Å². The van der Waals surface area contributed by atoms with Crippen LogP contribution in [0.25, 0.3) is 0 Å². The van der Waals surface area contributed by atoms with Crippen molar-refractivity contribution < 1.29 is 27.1 Å². The summed E-state index contributed by atoms with van der Waals surface area (Å²) in [5, 5.41) is 1.77. The van der Waals surface area contributed by atoms with Crippen LogP contribution in [0.3, 0.4) is 0 Å². The van der Waals surface area contributed by atoms with Gasteiger partial charge >= 0.3 is 6.09 Å². The minimum Gasteiger partial charge on any atom is -0.453 e. The van der Waals surface area contributed by atoms with Crippen molar-refractivity contribution in [2.24, 2.45) is 0 Å². The van der Waals surface area contributed by atoms with Gasteiger partial charge in [-0.15, -0.1) is 0 Å². The summed E-state index contributed by atoms with van der Waals surface area (Å²) in [6, 6.07) is 3.23. The highest BCUT2D eigenvalue weighted by Crippen LogP contribution is 2.23. The average Bonchev–Trinajstić information content (AvgIpc) is 2.57. The van der Waals surface area contributed by atoms with Gasteiger partial charge < -0.3 is 4.74 Å². The Bertz CT molecular complexity index is 766. The molecule has 1 aliphatic rings. The second-order valence-corrected chi connectivity index (χ2v) is 7.64. The van der Waals surface area contributed by atoms with E-state index in [0.717, 1.165) is 25.3 Å². The van der Waals surface area contributed by atoms with Gasteiger partial charge in [0.25, 0.3) is 0 Å². The van der Waals surface area contributed by atoms with Gasteiger partial charge in [-0.2, -0.15) is 4.31 Å². The fourth-order valence-electron chi connectivity index (χ4n) is 2.32. The molecule has 1 aromatic rings. The van der Waals surface area contributed by atoms with Crippen LogP contribution >= 0.6 is 11.6 Å². The Hall–Kier alpha value is -1.75. The zero-order valence-electron chi connectivity index (χ0n) is 13.4. The number of methoxy groups -OCH3 is 1. The minimum absolute atomic E-state index is 0.0502. The van der Waals surface area contributed by atoms with Crippen molar-refractivity contribution in [2.45, 2.75) is 4.90 Å². The third-order valence-corrected chi connectivity index (χ3v) is 5.84. The molecule has 2 rings (SSSR count). The number of hydrogen-bond donors (Lipinski definition) is 1. The van der Waals surface area contributed by atoms with E-state index in [0.29, 0.717) is 13.1 Å². The summed E-state index contributed by atoms with van der Waals surface area (Å²) in [6.07, 6.45) is -0.848. The number of nitrogens with zero attached hydrogens (tertiary/aromatic N) is 2. The van der Waals surface area contributed by atoms with E-state index in [1.54, 1.807) is 4.90 Å². The summed E-state index contributed by atoms with van der Waals surface area (Å²) in [7, 11) is -2.65. The van der Waals surface area contributed by atoms with Gasteiger partial charge in [-0.1, -0.05) is 11.6 Å². The van der Waals surface area contributed by atoms with E-state index in [1.165, 1.54) is 4.31 Å². The number of nitrogens with one attached hydrogen (secondary N) is 1. The molecule has 138 valence electrons. The second-order valence-electron chi connectivity index (χ2n) is 5.30. The highest BCUT2D eigenvalue weighted by atomic mass is 35.5. The van der Waals surface area contributed by atoms with E-state index in [-0.39, 0.29) is 29.6 Å². The normalized spacial score (nSPS) is 16.4. The number of piperazine rings is 1. The molecule has 2 amide bonds. The van der Waals surface area contributed by atoms with Crippen molar-refractivity contribution in [3.05, 3.63) is 29.0 Å². The predicted molar refractivity (Wildman–Crippen MR) is 87.2 cm³/mol. The van der Waals surface area contributed by atoms with Gasteiger partial charge in [0.05, 0.1) is 23.6 Å². The van der Waals surface area contributed by atoms with E-state index in [1.807, 2.05) is 5.32 Å². The first kappa shape index (κ1) is 19.6. The van der Waals surface area contributed by atoms with Crippen molar-refractivity contribution in [2.75, 3.05) is 39.8 Å². The molecule has 1 aliphatic heterocycles. The van der Waals surface area contributed by atoms with Crippen LogP contribution in [0.15, 0.2) is 23.1 Å². The number of hydrogen-bond acceptors (Lipinski definition) is 6. The number of ether oxygens (including phenoxy) is 1. The van der Waals surface area contributed by atoms with Crippen molar-refractivity contribution in [3.8, 4) is 0 Å². The van der Waals surface area contributed by atoms with Gasteiger partial charge in [0, 0.05) is 26.2 Å². The number of amides is 2. The van der Waals surface area contributed by atoms with E-state index >= 15 is 0 Å². The Morgan fingerprint density at radius 2 is 1.92 bits per heavy atom. The number of carbonyl (C=O) groups excluding carboxylic acids is 2. The predicted octanol–water partition coefficient (Wildman–Crippen LogP) is 0.668. The number of carbonyl (C=O) groups is 2. The number of halogens is 2. The van der Waals surface area contributed by atoms with Crippen LogP contribution in [0.5, 0.6) is 0 Å². The van der Waals surface area contributed by atoms with Gasteiger partial charge in [-0.25, -0.2) is 17.6 Å². The highest BCUT2D eigenvalue weighted by Gasteiger charge is 2.29. The molecule has 1 saturated heterocycles. The first-order valence-electron chi connectivity index (χ1n) is 7.29. The Kier molecular flexibility index (Phi) is 6.33. The van der Waals surface area contributed by atoms with Gasteiger partial charge in [-0.3, -0.25) is 15.0 Å². The fourth-order valence-corrected chi connectivity index (χ4v) is 4.02. The molecule has 0 bridgehead atoms. The van der Waals surface area contributed by atoms with Gasteiger partial charge in [-0.05, 0) is 18.2 Å². The lowest BCUT2D eigenvalue weighted by Crippen LogP contribution is -2.51. The molecule has 8 nitrogen and oxygen atoms in total. The topological polar surface area (TPSA) is 96.0 Å². The van der Waals surface area contributed by atoms with E-state index < -0.39 is 27.8 Å². The molecular formula is C14H17ClFN3O5S. The standard InChI is InChI=1S/C14H17ClFN3O5S/c1-24-14(21)17-13(20)9-18-4-6-19(7-5-18)25(22,23)10-2-3-12(16)11(15)8-10/h2-3,8H,4-7,9H2,1H3,(H,17,20,21). The lowest BCUT2D eigenvalue weighted by Gasteiger charge is -2.33. The van der Waals surface area contributed by atoms with E-state index in [2.05, 4.69) is 4.74 Å². The largest absolute Gasteiger partial charge is 0.453 e. The van der Waals surface area contributed by atoms with Crippen LogP contribution < -0.4 is 5.32 Å². The number of rotatable bonds is 4. The van der Waals surface area contributed by atoms with Crippen molar-refractivity contribution in [3.63, 3.8) is 0 Å². The van der Waals surface area contributed by atoms with E-state index in [4.69, 9.17) is 11.6 Å². The Balaban J connectivity index is 1.95. The van der Waals surface area contributed by atoms with Crippen LogP contribution in [0.1, 0.15) is 0 Å². The lowest BCUT2D eigenvalue weighted by atomic mass is 10.3. The molecule has 1 N–H and O–H groups in total. The number of benzene rings is 1. The fraction of sp³-hybridized carbons (Fsp3) is 0.429. The quantitative estimate of drug-likeness (QED) is 0.807. The van der Waals surface area contributed by atoms with Crippen LogP contribution in [-0.4, -0.2) is 69.5 Å². The number of imide groups is 1. The molecule has 0 spiro atoms. The molecule has 1 heterocycles. The summed E-state index contributed by atoms with van der Waals surface area (Å²) in [5.74, 6) is -1.23. The number of sulfonamides is 1. The molecule has 1 aromatic carbocycles. The Morgan fingerprint density at radius 3 is 2.48 bits per heavy atom. The maximum absolute atomic E-state index is 13.2. The zero-order valence-corrected chi connectivity index (χ0v) is 14.9. The SMILES string of the molecule is COC(=O)NC(=O)CN1CCN(S(=O)(=O)c2ccc(F)c(Cl)c2)CC1. The lowest BCUT2D eigenvalue weighted by molar-refractivity contribution is -0.121. The van der Waals surface area contributed by atoms with Gasteiger partial charge in [0.2, 0.25) is 15.9 Å². The van der Waals surface area contributed by atoms with Crippen LogP contribution in [0.4, 0.5) is 9.18 Å². The summed E-state index contributed by atoms with van der Waals surface area (Å²) in [6.45, 7) is 0.878. The summed E-state index contributed by atoms with van der Waals surface area (Å²) in [5.41, 5.74) is 0. The zero-order chi connectivity index (χ0) is 18.6. The van der Waals surface area contributed by atoms with E-state index in [9.17, 15) is 22.4 Å². The van der Waals surface area contributed by atoms with Crippen LogP contribution in [0.2, 0.25) is 5.02 Å². The molecular weight excluding hydrogens is 377 g/mol. The third kappa shape index (κ3) is 4.88. The molecule has 0 radical (unpaired) electrons. The van der Waals surface area contributed by atoms with Gasteiger partial charge in [0.15, 0.2) is 0 Å². The maximum atomic E-state index is 13.2. The third-order valence-electron chi connectivity index (χ3n) is 3.65. The molecule has 0 aromatic heterocycles.